The summed E-state index contributed by atoms with van der Waals surface area (Å²) >= 11 is 4.19. The van der Waals surface area contributed by atoms with Crippen LogP contribution < -0.4 is 14.8 Å². The number of anilines is 1. The zero-order chi connectivity index (χ0) is 21.7. The first kappa shape index (κ1) is 21.9. The van der Waals surface area contributed by atoms with Gasteiger partial charge in [0.15, 0.2) is 0 Å². The van der Waals surface area contributed by atoms with Crippen LogP contribution in [0.25, 0.3) is 6.08 Å². The zero-order valence-electron chi connectivity index (χ0n) is 16.3. The van der Waals surface area contributed by atoms with Gasteiger partial charge in [-0.2, -0.15) is 0 Å². The number of hydrogen-bond acceptors (Lipinski definition) is 6. The van der Waals surface area contributed by atoms with E-state index < -0.39 is 17.1 Å². The molecule has 1 aliphatic heterocycles. The molecule has 7 nitrogen and oxygen atoms in total. The van der Waals surface area contributed by atoms with E-state index in [1.165, 1.54) is 0 Å². The van der Waals surface area contributed by atoms with Crippen molar-refractivity contribution in [3.63, 3.8) is 0 Å². The quantitative estimate of drug-likeness (QED) is 0.573. The molecule has 1 aliphatic rings. The number of hydrogen-bond donors (Lipinski definition) is 1. The van der Waals surface area contributed by atoms with Gasteiger partial charge in [-0.05, 0) is 67.2 Å². The lowest BCUT2D eigenvalue weighted by molar-refractivity contribution is -0.127. The highest BCUT2D eigenvalue weighted by molar-refractivity contribution is 9.10. The maximum absolute atomic E-state index is 12.7. The fourth-order valence-corrected chi connectivity index (χ4v) is 3.92. The van der Waals surface area contributed by atoms with E-state index >= 15 is 0 Å². The van der Waals surface area contributed by atoms with E-state index in [1.54, 1.807) is 49.6 Å². The second kappa shape index (κ2) is 9.82. The highest BCUT2D eigenvalue weighted by Gasteiger charge is 2.36. The van der Waals surface area contributed by atoms with Gasteiger partial charge < -0.3 is 14.8 Å². The number of nitrogens with zero attached hydrogens (tertiary/aromatic N) is 1. The molecular weight excluding hydrogens is 472 g/mol. The Morgan fingerprint density at radius 1 is 1.20 bits per heavy atom. The van der Waals surface area contributed by atoms with E-state index in [0.717, 1.165) is 21.1 Å². The summed E-state index contributed by atoms with van der Waals surface area (Å²) in [6.07, 6.45) is 1.60. The Kier molecular flexibility index (Phi) is 7.17. The highest BCUT2D eigenvalue weighted by Crippen LogP contribution is 2.34. The van der Waals surface area contributed by atoms with Crippen LogP contribution in [0.1, 0.15) is 12.5 Å². The van der Waals surface area contributed by atoms with Crippen LogP contribution >= 0.6 is 27.7 Å². The normalized spacial score (nSPS) is 14.9. The minimum absolute atomic E-state index is 0.233. The molecule has 0 aliphatic carbocycles. The molecule has 1 fully saturated rings. The number of thioether (sulfide) groups is 1. The van der Waals surface area contributed by atoms with Gasteiger partial charge in [-0.1, -0.05) is 15.9 Å². The number of ether oxygens (including phenoxy) is 2. The van der Waals surface area contributed by atoms with E-state index in [1.807, 2.05) is 13.0 Å². The van der Waals surface area contributed by atoms with Crippen LogP contribution in [0.15, 0.2) is 51.8 Å². The van der Waals surface area contributed by atoms with Crippen molar-refractivity contribution in [2.75, 3.05) is 25.6 Å². The summed E-state index contributed by atoms with van der Waals surface area (Å²) in [7, 11) is 1.55. The molecule has 156 valence electrons. The summed E-state index contributed by atoms with van der Waals surface area (Å²) < 4.78 is 11.5. The largest absolute Gasteiger partial charge is 0.497 e. The first-order valence-electron chi connectivity index (χ1n) is 9.03. The Labute approximate surface area is 186 Å². The number of carbonyl (C=O) groups is 3. The van der Waals surface area contributed by atoms with Crippen molar-refractivity contribution in [2.45, 2.75) is 6.92 Å². The molecule has 9 heteroatoms. The zero-order valence-corrected chi connectivity index (χ0v) is 18.7. The third-order valence-electron chi connectivity index (χ3n) is 4.11. The Hall–Kier alpha value is -2.78. The van der Waals surface area contributed by atoms with E-state index in [9.17, 15) is 14.4 Å². The summed E-state index contributed by atoms with van der Waals surface area (Å²) in [4.78, 5) is 38.5. The summed E-state index contributed by atoms with van der Waals surface area (Å²) in [5.74, 6) is 0.270. The molecule has 1 heterocycles. The smallest absolute Gasteiger partial charge is 0.294 e. The van der Waals surface area contributed by atoms with Crippen molar-refractivity contribution in [3.05, 3.63) is 57.4 Å². The number of methoxy groups -OCH3 is 1. The summed E-state index contributed by atoms with van der Waals surface area (Å²) in [6.45, 7) is 1.96. The molecule has 0 spiro atoms. The van der Waals surface area contributed by atoms with Gasteiger partial charge in [-0.15, -0.1) is 0 Å². The number of carbonyl (C=O) groups excluding carboxylic acids is 3. The number of imide groups is 1. The Morgan fingerprint density at radius 2 is 1.93 bits per heavy atom. The van der Waals surface area contributed by atoms with E-state index in [4.69, 9.17) is 9.47 Å². The molecule has 0 bridgehead atoms. The van der Waals surface area contributed by atoms with Gasteiger partial charge in [-0.3, -0.25) is 19.3 Å². The third-order valence-corrected chi connectivity index (χ3v) is 5.51. The number of halogens is 1. The molecule has 1 N–H and O–H groups in total. The lowest BCUT2D eigenvalue weighted by Gasteiger charge is -2.12. The molecule has 2 aromatic carbocycles. The van der Waals surface area contributed by atoms with Crippen LogP contribution in [-0.4, -0.2) is 42.2 Å². The Balaban J connectivity index is 1.72. The average Bonchev–Trinajstić information content (AvgIpc) is 2.98. The molecule has 1 saturated heterocycles. The molecule has 0 radical (unpaired) electrons. The van der Waals surface area contributed by atoms with Crippen LogP contribution in [0.2, 0.25) is 0 Å². The van der Waals surface area contributed by atoms with Gasteiger partial charge in [0, 0.05) is 15.7 Å². The molecule has 3 amide bonds. The molecule has 0 atom stereocenters. The lowest BCUT2D eigenvalue weighted by atomic mass is 10.2. The minimum Gasteiger partial charge on any atom is -0.497 e. The minimum atomic E-state index is -0.516. The van der Waals surface area contributed by atoms with Gasteiger partial charge in [0.25, 0.3) is 11.1 Å². The van der Waals surface area contributed by atoms with Crippen molar-refractivity contribution < 1.29 is 23.9 Å². The maximum atomic E-state index is 12.7. The van der Waals surface area contributed by atoms with Crippen LogP contribution in [0.5, 0.6) is 11.5 Å². The van der Waals surface area contributed by atoms with Crippen LogP contribution in [0.4, 0.5) is 10.5 Å². The predicted octanol–water partition coefficient (Wildman–Crippen LogP) is 4.53. The first-order chi connectivity index (χ1) is 14.4. The highest BCUT2D eigenvalue weighted by atomic mass is 79.9. The maximum Gasteiger partial charge on any atom is 0.294 e. The molecule has 30 heavy (non-hydrogen) atoms. The SMILES string of the molecule is CCOc1ccc(Br)cc1/C=C1/SC(=O)N(CC(=O)Nc2ccc(OC)cc2)C1=O. The third kappa shape index (κ3) is 5.22. The molecule has 0 saturated carbocycles. The number of benzene rings is 2. The standard InChI is InChI=1S/C21H19BrN2O5S/c1-3-29-17-9-4-14(22)10-13(17)11-18-20(26)24(21(27)30-18)12-19(25)23-15-5-7-16(28-2)8-6-15/h4-11H,3,12H2,1-2H3,(H,23,25)/b18-11+. The monoisotopic (exact) mass is 490 g/mol. The van der Waals surface area contributed by atoms with Crippen LogP contribution in [0, 0.1) is 0 Å². The summed E-state index contributed by atoms with van der Waals surface area (Å²) in [5.41, 5.74) is 1.21. The number of rotatable bonds is 7. The van der Waals surface area contributed by atoms with Crippen LogP contribution in [0.3, 0.4) is 0 Å². The van der Waals surface area contributed by atoms with Crippen molar-refractivity contribution in [3.8, 4) is 11.5 Å². The molecule has 0 unspecified atom stereocenters. The van der Waals surface area contributed by atoms with E-state index in [-0.39, 0.29) is 11.4 Å². The van der Waals surface area contributed by atoms with Crippen molar-refractivity contribution >= 4 is 56.5 Å². The second-order valence-electron chi connectivity index (χ2n) is 6.16. The first-order valence-corrected chi connectivity index (χ1v) is 10.6. The predicted molar refractivity (Wildman–Crippen MR) is 120 cm³/mol. The number of nitrogens with one attached hydrogen (secondary N) is 1. The molecule has 0 aromatic heterocycles. The fourth-order valence-electron chi connectivity index (χ4n) is 2.72. The van der Waals surface area contributed by atoms with Gasteiger partial charge in [0.05, 0.1) is 18.6 Å². The topological polar surface area (TPSA) is 84.9 Å². The fraction of sp³-hybridized carbons (Fsp3) is 0.190. The lowest BCUT2D eigenvalue weighted by Crippen LogP contribution is -2.36. The molecule has 3 rings (SSSR count). The summed E-state index contributed by atoms with van der Waals surface area (Å²) in [5, 5.41) is 2.17. The van der Waals surface area contributed by atoms with E-state index in [0.29, 0.717) is 29.4 Å². The van der Waals surface area contributed by atoms with Crippen molar-refractivity contribution in [1.82, 2.24) is 4.90 Å². The van der Waals surface area contributed by atoms with Crippen molar-refractivity contribution in [1.29, 1.82) is 0 Å². The van der Waals surface area contributed by atoms with Gasteiger partial charge in [-0.25, -0.2) is 0 Å². The Bertz CT molecular complexity index is 1010. The van der Waals surface area contributed by atoms with Gasteiger partial charge in [0.1, 0.15) is 18.0 Å². The average molecular weight is 491 g/mol. The van der Waals surface area contributed by atoms with Crippen molar-refractivity contribution in [2.24, 2.45) is 0 Å². The molecule has 2 aromatic rings. The Morgan fingerprint density at radius 3 is 2.60 bits per heavy atom. The van der Waals surface area contributed by atoms with Crippen LogP contribution in [-0.2, 0) is 9.59 Å². The molecular formula is C21H19BrN2O5S. The summed E-state index contributed by atoms with van der Waals surface area (Å²) in [6, 6.07) is 12.2. The van der Waals surface area contributed by atoms with Gasteiger partial charge in [0.2, 0.25) is 5.91 Å². The second-order valence-corrected chi connectivity index (χ2v) is 8.07. The number of amides is 3. The van der Waals surface area contributed by atoms with Gasteiger partial charge >= 0.3 is 0 Å². The van der Waals surface area contributed by atoms with E-state index in [2.05, 4.69) is 21.2 Å².